The van der Waals surface area contributed by atoms with Crippen LogP contribution < -0.4 is 5.32 Å². The zero-order valence-corrected chi connectivity index (χ0v) is 14.9. The van der Waals surface area contributed by atoms with Gasteiger partial charge in [-0.2, -0.15) is 5.10 Å². The van der Waals surface area contributed by atoms with Crippen LogP contribution in [-0.4, -0.2) is 21.3 Å². The number of nitrogens with one attached hydrogen (secondary N) is 1. The van der Waals surface area contributed by atoms with Crippen molar-refractivity contribution in [2.24, 2.45) is 0 Å². The average Bonchev–Trinajstić information content (AvgIpc) is 2.77. The lowest BCUT2D eigenvalue weighted by molar-refractivity contribution is 0.574. The van der Waals surface area contributed by atoms with Crippen molar-refractivity contribution in [3.8, 4) is 16.9 Å². The lowest BCUT2D eigenvalue weighted by Crippen LogP contribution is -2.08. The zero-order chi connectivity index (χ0) is 17.4. The molecule has 0 saturated heterocycles. The fourth-order valence-corrected chi connectivity index (χ4v) is 3.47. The van der Waals surface area contributed by atoms with Crippen molar-refractivity contribution in [2.75, 3.05) is 11.9 Å². The summed E-state index contributed by atoms with van der Waals surface area (Å²) in [7, 11) is 0. The summed E-state index contributed by atoms with van der Waals surface area (Å²) in [6.07, 6.45) is 6.33. The summed E-state index contributed by atoms with van der Waals surface area (Å²) < 4.78 is 30.0. The third kappa shape index (κ3) is 3.04. The zero-order valence-electron chi connectivity index (χ0n) is 13.3. The molecule has 3 heterocycles. The van der Waals surface area contributed by atoms with E-state index in [1.165, 1.54) is 16.8 Å². The molecule has 4 rings (SSSR count). The fraction of sp³-hybridized carbons (Fsp3) is 0.222. The molecule has 1 aliphatic heterocycles. The molecule has 0 saturated carbocycles. The number of benzene rings is 1. The Kier molecular flexibility index (Phi) is 4.25. The van der Waals surface area contributed by atoms with E-state index in [0.717, 1.165) is 59.0 Å². The number of fused-ring (bicyclic) bond motifs is 1. The molecule has 0 amide bonds. The maximum Gasteiger partial charge on any atom is 0.151 e. The minimum atomic E-state index is -0.643. The highest BCUT2D eigenvalue weighted by Crippen LogP contribution is 2.35. The molecule has 0 unspecified atom stereocenters. The lowest BCUT2D eigenvalue weighted by Gasteiger charge is -2.10. The Morgan fingerprint density at radius 3 is 2.80 bits per heavy atom. The Morgan fingerprint density at radius 2 is 2.00 bits per heavy atom. The molecule has 1 aromatic carbocycles. The van der Waals surface area contributed by atoms with Crippen molar-refractivity contribution in [3.63, 3.8) is 0 Å². The van der Waals surface area contributed by atoms with Crippen LogP contribution in [0, 0.1) is 11.6 Å². The normalized spacial score (nSPS) is 13.9. The van der Waals surface area contributed by atoms with E-state index in [2.05, 4.69) is 31.3 Å². The number of pyridine rings is 1. The molecular weight excluding hydrogens is 390 g/mol. The molecule has 0 spiro atoms. The number of aromatic nitrogens is 3. The predicted octanol–water partition coefficient (Wildman–Crippen LogP) is 4.72. The van der Waals surface area contributed by atoms with Gasteiger partial charge in [-0.1, -0.05) is 0 Å². The first kappa shape index (κ1) is 16.2. The lowest BCUT2D eigenvalue weighted by atomic mass is 10.1. The van der Waals surface area contributed by atoms with Gasteiger partial charge in [-0.25, -0.2) is 13.5 Å². The van der Waals surface area contributed by atoms with Crippen LogP contribution in [0.15, 0.2) is 41.1 Å². The van der Waals surface area contributed by atoms with Gasteiger partial charge in [0.2, 0.25) is 0 Å². The highest BCUT2D eigenvalue weighted by atomic mass is 79.9. The number of rotatable bonds is 2. The maximum absolute atomic E-state index is 14.3. The van der Waals surface area contributed by atoms with E-state index < -0.39 is 11.6 Å². The molecule has 1 aliphatic rings. The predicted molar refractivity (Wildman–Crippen MR) is 95.8 cm³/mol. The van der Waals surface area contributed by atoms with Crippen LogP contribution in [-0.2, 0) is 6.42 Å². The van der Waals surface area contributed by atoms with Gasteiger partial charge in [-0.3, -0.25) is 4.98 Å². The number of hydrogen-bond donors (Lipinski definition) is 1. The van der Waals surface area contributed by atoms with Crippen LogP contribution in [0.1, 0.15) is 18.4 Å². The smallest absolute Gasteiger partial charge is 0.151 e. The molecular formula is C18H15BrF2N4. The van der Waals surface area contributed by atoms with Crippen molar-refractivity contribution in [3.05, 3.63) is 58.3 Å². The minimum absolute atomic E-state index is 0.223. The van der Waals surface area contributed by atoms with Crippen molar-refractivity contribution < 1.29 is 8.78 Å². The van der Waals surface area contributed by atoms with Crippen LogP contribution in [0.2, 0.25) is 0 Å². The summed E-state index contributed by atoms with van der Waals surface area (Å²) in [5, 5.41) is 7.98. The molecule has 0 bridgehead atoms. The molecule has 1 N–H and O–H groups in total. The number of anilines is 1. The van der Waals surface area contributed by atoms with Gasteiger partial charge >= 0.3 is 0 Å². The fourth-order valence-electron chi connectivity index (χ4n) is 3.10. The van der Waals surface area contributed by atoms with Crippen LogP contribution in [0.25, 0.3) is 16.9 Å². The topological polar surface area (TPSA) is 42.7 Å². The minimum Gasteiger partial charge on any atom is -0.370 e. The molecule has 25 heavy (non-hydrogen) atoms. The molecule has 0 aliphatic carbocycles. The quantitative estimate of drug-likeness (QED) is 0.671. The first-order valence-electron chi connectivity index (χ1n) is 8.05. The largest absolute Gasteiger partial charge is 0.370 e. The van der Waals surface area contributed by atoms with E-state index in [1.807, 2.05) is 6.07 Å². The summed E-state index contributed by atoms with van der Waals surface area (Å²) in [4.78, 5) is 4.20. The van der Waals surface area contributed by atoms with Crippen molar-refractivity contribution >= 4 is 21.7 Å². The van der Waals surface area contributed by atoms with Gasteiger partial charge in [0.05, 0.1) is 5.69 Å². The standard InChI is InChI=1S/C18H15BrF2N4/c19-12-7-11(9-22-10-12)17-14-3-1-2-6-23-18(14)25(24-17)16-5-4-13(20)8-15(16)21/h4-5,7-10,23H,1-3,6H2. The summed E-state index contributed by atoms with van der Waals surface area (Å²) in [6.45, 7) is 0.789. The first-order valence-corrected chi connectivity index (χ1v) is 8.85. The van der Waals surface area contributed by atoms with Crippen LogP contribution in [0.4, 0.5) is 14.6 Å². The van der Waals surface area contributed by atoms with Gasteiger partial charge in [0.25, 0.3) is 0 Å². The number of hydrogen-bond acceptors (Lipinski definition) is 3. The van der Waals surface area contributed by atoms with Gasteiger partial charge in [-0.05, 0) is 53.4 Å². The summed E-state index contributed by atoms with van der Waals surface area (Å²) >= 11 is 3.43. The number of nitrogens with zero attached hydrogens (tertiary/aromatic N) is 3. The van der Waals surface area contributed by atoms with Crippen molar-refractivity contribution in [1.29, 1.82) is 0 Å². The SMILES string of the molecule is Fc1ccc(-n2nc(-c3cncc(Br)c3)c3c2NCCCC3)c(F)c1. The molecule has 0 atom stereocenters. The maximum atomic E-state index is 14.3. The van der Waals surface area contributed by atoms with E-state index in [0.29, 0.717) is 0 Å². The third-order valence-electron chi connectivity index (χ3n) is 4.25. The van der Waals surface area contributed by atoms with Gasteiger partial charge in [0.15, 0.2) is 5.82 Å². The Bertz CT molecular complexity index is 939. The third-order valence-corrected chi connectivity index (χ3v) is 4.68. The Hall–Kier alpha value is -2.28. The van der Waals surface area contributed by atoms with Crippen molar-refractivity contribution in [1.82, 2.24) is 14.8 Å². The Balaban J connectivity index is 1.93. The first-order chi connectivity index (χ1) is 12.1. The van der Waals surface area contributed by atoms with E-state index >= 15 is 0 Å². The van der Waals surface area contributed by atoms with Gasteiger partial charge in [-0.15, -0.1) is 0 Å². The Labute approximate surface area is 152 Å². The summed E-state index contributed by atoms with van der Waals surface area (Å²) in [6, 6.07) is 5.46. The molecule has 7 heteroatoms. The molecule has 0 radical (unpaired) electrons. The average molecular weight is 405 g/mol. The molecule has 0 fully saturated rings. The van der Waals surface area contributed by atoms with Crippen LogP contribution >= 0.6 is 15.9 Å². The molecule has 2 aromatic heterocycles. The van der Waals surface area contributed by atoms with E-state index in [9.17, 15) is 8.78 Å². The summed E-state index contributed by atoms with van der Waals surface area (Å²) in [5.74, 6) is -0.489. The van der Waals surface area contributed by atoms with Gasteiger partial charge in [0, 0.05) is 40.6 Å². The van der Waals surface area contributed by atoms with E-state index in [4.69, 9.17) is 0 Å². The van der Waals surface area contributed by atoms with Gasteiger partial charge < -0.3 is 5.32 Å². The Morgan fingerprint density at radius 1 is 1.12 bits per heavy atom. The highest BCUT2D eigenvalue weighted by Gasteiger charge is 2.23. The molecule has 128 valence electrons. The molecule has 3 aromatic rings. The van der Waals surface area contributed by atoms with Crippen molar-refractivity contribution in [2.45, 2.75) is 19.3 Å². The number of halogens is 3. The molecule has 4 nitrogen and oxygen atoms in total. The second-order valence-corrected chi connectivity index (χ2v) is 6.87. The second kappa shape index (κ2) is 6.55. The van der Waals surface area contributed by atoms with Crippen LogP contribution in [0.5, 0.6) is 0 Å². The highest BCUT2D eigenvalue weighted by molar-refractivity contribution is 9.10. The monoisotopic (exact) mass is 404 g/mol. The van der Waals surface area contributed by atoms with Gasteiger partial charge in [0.1, 0.15) is 17.3 Å². The van der Waals surface area contributed by atoms with E-state index in [-0.39, 0.29) is 5.69 Å². The second-order valence-electron chi connectivity index (χ2n) is 5.96. The van der Waals surface area contributed by atoms with E-state index in [1.54, 1.807) is 12.4 Å². The van der Waals surface area contributed by atoms with Crippen LogP contribution in [0.3, 0.4) is 0 Å². The summed E-state index contributed by atoms with van der Waals surface area (Å²) in [5.41, 5.74) is 2.87.